The largest absolute Gasteiger partial charge is 0.478 e. The van der Waals surface area contributed by atoms with Gasteiger partial charge in [0.1, 0.15) is 5.25 Å². The molecule has 1 unspecified atom stereocenters. The van der Waals surface area contributed by atoms with Crippen molar-refractivity contribution in [2.75, 3.05) is 10.6 Å². The molecule has 1 heterocycles. The quantitative estimate of drug-likeness (QED) is 0.133. The van der Waals surface area contributed by atoms with Crippen molar-refractivity contribution in [3.8, 4) is 11.3 Å². The summed E-state index contributed by atoms with van der Waals surface area (Å²) in [6.45, 7) is 0. The Kier molecular flexibility index (Phi) is 8.70. The van der Waals surface area contributed by atoms with Crippen LogP contribution in [0.5, 0.6) is 0 Å². The van der Waals surface area contributed by atoms with Crippen LogP contribution in [0.25, 0.3) is 32.8 Å². The van der Waals surface area contributed by atoms with Crippen LogP contribution in [0.4, 0.5) is 10.8 Å². The van der Waals surface area contributed by atoms with E-state index in [9.17, 15) is 19.5 Å². The first-order valence-corrected chi connectivity index (χ1v) is 16.8. The summed E-state index contributed by atoms with van der Waals surface area (Å²) in [5.41, 5.74) is 3.50. The van der Waals surface area contributed by atoms with Crippen molar-refractivity contribution in [3.05, 3.63) is 156 Å². The molecule has 0 aliphatic rings. The summed E-state index contributed by atoms with van der Waals surface area (Å²) in [4.78, 5) is 44.4. The fourth-order valence-electron chi connectivity index (χ4n) is 5.54. The third-order valence-electron chi connectivity index (χ3n) is 7.87. The second-order valence-electron chi connectivity index (χ2n) is 11.0. The van der Waals surface area contributed by atoms with Gasteiger partial charge in [0.2, 0.25) is 5.91 Å². The molecule has 0 bridgehead atoms. The highest BCUT2D eigenvalue weighted by Crippen LogP contribution is 2.37. The van der Waals surface area contributed by atoms with Crippen molar-refractivity contribution in [1.29, 1.82) is 0 Å². The molecule has 7 nitrogen and oxygen atoms in total. The maximum atomic E-state index is 13.7. The lowest BCUT2D eigenvalue weighted by molar-refractivity contribution is -0.115. The van der Waals surface area contributed by atoms with Crippen molar-refractivity contribution < 1.29 is 19.5 Å². The third-order valence-corrected chi connectivity index (χ3v) is 9.89. The molecule has 6 aromatic carbocycles. The molecular weight excluding hydrogens is 639 g/mol. The van der Waals surface area contributed by atoms with Crippen LogP contribution in [0.2, 0.25) is 0 Å². The van der Waals surface area contributed by atoms with Crippen LogP contribution in [0.15, 0.2) is 144 Å². The summed E-state index contributed by atoms with van der Waals surface area (Å²) in [6.07, 6.45) is 0. The number of thiazole rings is 1. The fourth-order valence-corrected chi connectivity index (χ4v) is 7.29. The Labute approximate surface area is 284 Å². The predicted octanol–water partition coefficient (Wildman–Crippen LogP) is 9.54. The van der Waals surface area contributed by atoms with Gasteiger partial charge in [-0.1, -0.05) is 91.0 Å². The van der Waals surface area contributed by atoms with Gasteiger partial charge in [0.05, 0.1) is 11.3 Å². The number of hydrogen-bond acceptors (Lipinski definition) is 6. The van der Waals surface area contributed by atoms with E-state index in [1.807, 2.05) is 66.0 Å². The first-order chi connectivity index (χ1) is 23.4. The van der Waals surface area contributed by atoms with Crippen LogP contribution in [0.1, 0.15) is 31.5 Å². The molecule has 3 N–H and O–H groups in total. The van der Waals surface area contributed by atoms with Gasteiger partial charge in [0.15, 0.2) is 5.13 Å². The number of carbonyl (C=O) groups excluding carboxylic acids is 2. The minimum absolute atomic E-state index is 0.0675. The summed E-state index contributed by atoms with van der Waals surface area (Å²) < 4.78 is 0. The van der Waals surface area contributed by atoms with Gasteiger partial charge in [0, 0.05) is 32.5 Å². The first kappa shape index (κ1) is 30.9. The second-order valence-corrected chi connectivity index (χ2v) is 13.0. The zero-order valence-corrected chi connectivity index (χ0v) is 26.9. The van der Waals surface area contributed by atoms with Crippen LogP contribution < -0.4 is 10.6 Å². The Hall–Kier alpha value is -5.77. The van der Waals surface area contributed by atoms with E-state index in [4.69, 9.17) is 4.98 Å². The topological polar surface area (TPSA) is 108 Å². The highest BCUT2D eigenvalue weighted by Gasteiger charge is 2.24. The van der Waals surface area contributed by atoms with Crippen LogP contribution in [0, 0.1) is 0 Å². The smallest absolute Gasteiger partial charge is 0.336 e. The number of carbonyl (C=O) groups is 3. The number of nitrogens with one attached hydrogen (secondary N) is 2. The summed E-state index contributed by atoms with van der Waals surface area (Å²) in [5.74, 6) is -1.71. The first-order valence-electron chi connectivity index (χ1n) is 15.1. The van der Waals surface area contributed by atoms with Gasteiger partial charge in [-0.2, -0.15) is 0 Å². The lowest BCUT2D eigenvalue weighted by atomic mass is 9.98. The summed E-state index contributed by atoms with van der Waals surface area (Å²) in [5, 5.41) is 20.8. The van der Waals surface area contributed by atoms with Gasteiger partial charge in [-0.25, -0.2) is 9.78 Å². The number of rotatable bonds is 9. The van der Waals surface area contributed by atoms with E-state index in [2.05, 4.69) is 34.9 Å². The number of anilines is 2. The lowest BCUT2D eigenvalue weighted by Gasteiger charge is -2.16. The van der Waals surface area contributed by atoms with Crippen molar-refractivity contribution in [2.24, 2.45) is 0 Å². The molecule has 0 saturated heterocycles. The van der Waals surface area contributed by atoms with Crippen LogP contribution in [-0.2, 0) is 4.79 Å². The van der Waals surface area contributed by atoms with Gasteiger partial charge < -0.3 is 15.7 Å². The maximum Gasteiger partial charge on any atom is 0.336 e. The Morgan fingerprint density at radius 1 is 0.688 bits per heavy atom. The Balaban J connectivity index is 1.08. The number of hydrogen-bond donors (Lipinski definition) is 3. The number of aromatic nitrogens is 1. The van der Waals surface area contributed by atoms with E-state index in [-0.39, 0.29) is 17.0 Å². The van der Waals surface area contributed by atoms with Crippen molar-refractivity contribution in [1.82, 2.24) is 4.98 Å². The molecule has 0 aliphatic carbocycles. The molecule has 0 spiro atoms. The van der Waals surface area contributed by atoms with Crippen molar-refractivity contribution in [2.45, 2.75) is 10.1 Å². The summed E-state index contributed by atoms with van der Waals surface area (Å²) >= 11 is 2.77. The van der Waals surface area contributed by atoms with E-state index in [0.717, 1.165) is 32.5 Å². The highest BCUT2D eigenvalue weighted by atomic mass is 32.2. The lowest BCUT2D eigenvalue weighted by Crippen LogP contribution is -2.19. The molecule has 234 valence electrons. The van der Waals surface area contributed by atoms with E-state index >= 15 is 0 Å². The molecule has 9 heteroatoms. The average molecular weight is 666 g/mol. The van der Waals surface area contributed by atoms with Gasteiger partial charge >= 0.3 is 5.97 Å². The fraction of sp³-hybridized carbons (Fsp3) is 0.0256. The van der Waals surface area contributed by atoms with E-state index in [1.165, 1.54) is 29.2 Å². The molecule has 48 heavy (non-hydrogen) atoms. The predicted molar refractivity (Wildman–Crippen MR) is 194 cm³/mol. The van der Waals surface area contributed by atoms with Gasteiger partial charge in [-0.05, 0) is 64.2 Å². The van der Waals surface area contributed by atoms with Gasteiger partial charge in [0.25, 0.3) is 5.91 Å². The molecular formula is C39H27N3O4S2. The zero-order valence-electron chi connectivity index (χ0n) is 25.3. The second kappa shape index (κ2) is 13.5. The standard InChI is InChI=1S/C39H27N3O4S2/c43-36(31-14-6-12-25-13-7-15-32(34(25)31)38(45)46)40-29-18-20-30(21-19-29)48-35(26-9-2-1-3-10-26)37(44)42-39-41-33(23-47-39)28-17-16-24-8-4-5-11-27(24)22-28/h1-23,35H,(H,40,43)(H,45,46)(H,41,42,44). The molecule has 2 amide bonds. The van der Waals surface area contributed by atoms with Crippen molar-refractivity contribution >= 4 is 73.2 Å². The van der Waals surface area contributed by atoms with Crippen molar-refractivity contribution in [3.63, 3.8) is 0 Å². The molecule has 0 aliphatic heterocycles. The Bertz CT molecular complexity index is 2300. The van der Waals surface area contributed by atoms with E-state index < -0.39 is 17.1 Å². The molecule has 0 fully saturated rings. The SMILES string of the molecule is O=C(O)c1cccc2cccc(C(=O)Nc3ccc(SC(C(=O)Nc4nc(-c5ccc6ccccc6c5)cs4)c4ccccc4)cc3)c12. The van der Waals surface area contributed by atoms with Crippen LogP contribution >= 0.6 is 23.1 Å². The molecule has 0 radical (unpaired) electrons. The van der Waals surface area contributed by atoms with E-state index in [0.29, 0.717) is 21.6 Å². The number of amides is 2. The number of aromatic carboxylic acids is 1. The normalized spacial score (nSPS) is 11.7. The minimum atomic E-state index is -1.10. The summed E-state index contributed by atoms with van der Waals surface area (Å²) in [6, 6.07) is 41.2. The average Bonchev–Trinajstić information content (AvgIpc) is 3.59. The number of carboxylic acids is 1. The highest BCUT2D eigenvalue weighted by molar-refractivity contribution is 8.00. The molecule has 7 aromatic rings. The van der Waals surface area contributed by atoms with Crippen LogP contribution in [0.3, 0.4) is 0 Å². The van der Waals surface area contributed by atoms with E-state index in [1.54, 1.807) is 42.5 Å². The number of benzene rings is 6. The Morgan fingerprint density at radius 3 is 2.12 bits per heavy atom. The van der Waals surface area contributed by atoms with Crippen LogP contribution in [-0.4, -0.2) is 27.9 Å². The monoisotopic (exact) mass is 665 g/mol. The zero-order chi connectivity index (χ0) is 33.0. The number of carboxylic acid groups (broad SMARTS) is 1. The summed E-state index contributed by atoms with van der Waals surface area (Å²) in [7, 11) is 0. The van der Waals surface area contributed by atoms with Gasteiger partial charge in [-0.15, -0.1) is 23.1 Å². The molecule has 0 saturated carbocycles. The third kappa shape index (κ3) is 6.55. The maximum absolute atomic E-state index is 13.7. The number of nitrogens with zero attached hydrogens (tertiary/aromatic N) is 1. The number of fused-ring (bicyclic) bond motifs is 2. The molecule has 1 aromatic heterocycles. The number of thioether (sulfide) groups is 1. The molecule has 7 rings (SSSR count). The Morgan fingerprint density at radius 2 is 1.38 bits per heavy atom. The van der Waals surface area contributed by atoms with Gasteiger partial charge in [-0.3, -0.25) is 9.59 Å². The minimum Gasteiger partial charge on any atom is -0.478 e. The molecule has 1 atom stereocenters.